The van der Waals surface area contributed by atoms with E-state index in [1.165, 1.54) is 0 Å². The lowest BCUT2D eigenvalue weighted by Gasteiger charge is -2.23. The molecular weight excluding hydrogens is 378 g/mol. The maximum Gasteiger partial charge on any atom is 0.274 e. The molecule has 0 aliphatic rings. The van der Waals surface area contributed by atoms with Crippen LogP contribution in [0.15, 0.2) is 77.4 Å². The van der Waals surface area contributed by atoms with Crippen molar-refractivity contribution in [2.45, 2.75) is 6.92 Å². The average molecular weight is 396 g/mol. The lowest BCUT2D eigenvalue weighted by molar-refractivity contribution is 0.102. The zero-order valence-electron chi connectivity index (χ0n) is 13.8. The Hall–Kier alpha value is -2.66. The molecule has 1 amide bonds. The first-order valence-corrected chi connectivity index (χ1v) is 8.82. The Kier molecular flexibility index (Phi) is 5.46. The number of anilines is 3. The molecule has 0 aliphatic heterocycles. The van der Waals surface area contributed by atoms with Crippen LogP contribution in [-0.2, 0) is 0 Å². The molecule has 3 aromatic rings. The third kappa shape index (κ3) is 4.25. The molecule has 4 nitrogen and oxygen atoms in total. The molecule has 0 aliphatic carbocycles. The minimum absolute atomic E-state index is 0.228. The summed E-state index contributed by atoms with van der Waals surface area (Å²) >= 11 is 3.38. The SMILES string of the molecule is CCN(c1ccccc1)c1ccnc(C(=O)Nc2ccc(Br)cc2)c1. The number of hydrogen-bond acceptors (Lipinski definition) is 3. The van der Waals surface area contributed by atoms with Crippen LogP contribution < -0.4 is 10.2 Å². The van der Waals surface area contributed by atoms with Crippen molar-refractivity contribution in [2.24, 2.45) is 0 Å². The van der Waals surface area contributed by atoms with Crippen LogP contribution in [0.2, 0.25) is 0 Å². The van der Waals surface area contributed by atoms with E-state index in [1.807, 2.05) is 66.7 Å². The molecule has 0 unspecified atom stereocenters. The van der Waals surface area contributed by atoms with Gasteiger partial charge in [0, 0.05) is 34.3 Å². The Morgan fingerprint density at radius 3 is 2.44 bits per heavy atom. The number of para-hydroxylation sites is 1. The van der Waals surface area contributed by atoms with Crippen molar-refractivity contribution in [3.63, 3.8) is 0 Å². The zero-order chi connectivity index (χ0) is 17.6. The molecule has 1 heterocycles. The molecule has 0 atom stereocenters. The summed E-state index contributed by atoms with van der Waals surface area (Å²) in [6.07, 6.45) is 1.66. The van der Waals surface area contributed by atoms with Gasteiger partial charge in [-0.05, 0) is 55.5 Å². The van der Waals surface area contributed by atoms with Crippen LogP contribution in [0.1, 0.15) is 17.4 Å². The fourth-order valence-corrected chi connectivity index (χ4v) is 2.83. The number of hydrogen-bond donors (Lipinski definition) is 1. The van der Waals surface area contributed by atoms with Crippen LogP contribution in [0.4, 0.5) is 17.1 Å². The highest BCUT2D eigenvalue weighted by molar-refractivity contribution is 9.10. The summed E-state index contributed by atoms with van der Waals surface area (Å²) in [4.78, 5) is 18.8. The van der Waals surface area contributed by atoms with Gasteiger partial charge >= 0.3 is 0 Å². The van der Waals surface area contributed by atoms with Crippen molar-refractivity contribution in [1.82, 2.24) is 4.98 Å². The molecular formula is C20H18BrN3O. The first-order chi connectivity index (χ1) is 12.2. The second kappa shape index (κ2) is 7.94. The van der Waals surface area contributed by atoms with E-state index in [2.05, 4.69) is 38.1 Å². The molecule has 2 aromatic carbocycles. The molecule has 0 spiro atoms. The van der Waals surface area contributed by atoms with Crippen molar-refractivity contribution in [1.29, 1.82) is 0 Å². The monoisotopic (exact) mass is 395 g/mol. The minimum atomic E-state index is -0.228. The summed E-state index contributed by atoms with van der Waals surface area (Å²) in [6.45, 7) is 2.87. The lowest BCUT2D eigenvalue weighted by atomic mass is 10.2. The number of rotatable bonds is 5. The Morgan fingerprint density at radius 2 is 1.76 bits per heavy atom. The van der Waals surface area contributed by atoms with Crippen LogP contribution >= 0.6 is 15.9 Å². The standard InChI is InChI=1S/C20H18BrN3O/c1-2-24(17-6-4-3-5-7-17)18-12-13-22-19(14-18)20(25)23-16-10-8-15(21)9-11-16/h3-14H,2H2,1H3,(H,23,25). The van der Waals surface area contributed by atoms with E-state index in [4.69, 9.17) is 0 Å². The van der Waals surface area contributed by atoms with Gasteiger partial charge < -0.3 is 10.2 Å². The molecule has 25 heavy (non-hydrogen) atoms. The normalized spacial score (nSPS) is 10.3. The Balaban J connectivity index is 1.83. The van der Waals surface area contributed by atoms with Gasteiger partial charge in [0.2, 0.25) is 0 Å². The predicted molar refractivity (Wildman–Crippen MR) is 105 cm³/mol. The van der Waals surface area contributed by atoms with Crippen LogP contribution in [0.5, 0.6) is 0 Å². The van der Waals surface area contributed by atoms with Crippen LogP contribution in [0.25, 0.3) is 0 Å². The molecule has 1 aromatic heterocycles. The van der Waals surface area contributed by atoms with Gasteiger partial charge in [0.05, 0.1) is 0 Å². The quantitative estimate of drug-likeness (QED) is 0.640. The summed E-state index contributed by atoms with van der Waals surface area (Å²) in [5, 5.41) is 2.87. The van der Waals surface area contributed by atoms with Gasteiger partial charge in [0.1, 0.15) is 5.69 Å². The van der Waals surface area contributed by atoms with Crippen molar-refractivity contribution in [2.75, 3.05) is 16.8 Å². The van der Waals surface area contributed by atoms with Gasteiger partial charge in [0.15, 0.2) is 0 Å². The van der Waals surface area contributed by atoms with E-state index < -0.39 is 0 Å². The third-order valence-electron chi connectivity index (χ3n) is 3.77. The number of benzene rings is 2. The lowest BCUT2D eigenvalue weighted by Crippen LogP contribution is -2.18. The number of carbonyl (C=O) groups excluding carboxylic acids is 1. The van der Waals surface area contributed by atoms with E-state index in [9.17, 15) is 4.79 Å². The van der Waals surface area contributed by atoms with E-state index in [0.717, 1.165) is 28.1 Å². The topological polar surface area (TPSA) is 45.2 Å². The number of aromatic nitrogens is 1. The number of nitrogens with one attached hydrogen (secondary N) is 1. The molecule has 1 N–H and O–H groups in total. The number of carbonyl (C=O) groups is 1. The highest BCUT2D eigenvalue weighted by Crippen LogP contribution is 2.25. The largest absolute Gasteiger partial charge is 0.342 e. The predicted octanol–water partition coefficient (Wildman–Crippen LogP) is 5.25. The second-order valence-corrected chi connectivity index (χ2v) is 6.36. The highest BCUT2D eigenvalue weighted by Gasteiger charge is 2.12. The summed E-state index contributed by atoms with van der Waals surface area (Å²) in [5.74, 6) is -0.228. The second-order valence-electron chi connectivity index (χ2n) is 5.44. The highest BCUT2D eigenvalue weighted by atomic mass is 79.9. The average Bonchev–Trinajstić information content (AvgIpc) is 2.65. The molecule has 126 valence electrons. The molecule has 0 saturated carbocycles. The molecule has 0 radical (unpaired) electrons. The molecule has 3 rings (SSSR count). The molecule has 0 bridgehead atoms. The number of halogens is 1. The maximum atomic E-state index is 12.5. The van der Waals surface area contributed by atoms with E-state index in [-0.39, 0.29) is 5.91 Å². The first kappa shape index (κ1) is 17.2. The fraction of sp³-hybridized carbons (Fsp3) is 0.100. The van der Waals surface area contributed by atoms with Gasteiger partial charge in [-0.15, -0.1) is 0 Å². The Bertz CT molecular complexity index is 850. The summed E-state index contributed by atoms with van der Waals surface area (Å²) in [7, 11) is 0. The van der Waals surface area contributed by atoms with Crippen LogP contribution in [0.3, 0.4) is 0 Å². The fourth-order valence-electron chi connectivity index (χ4n) is 2.56. The molecule has 0 fully saturated rings. The van der Waals surface area contributed by atoms with Gasteiger partial charge in [-0.25, -0.2) is 0 Å². The minimum Gasteiger partial charge on any atom is -0.342 e. The van der Waals surface area contributed by atoms with E-state index >= 15 is 0 Å². The van der Waals surface area contributed by atoms with Gasteiger partial charge in [-0.1, -0.05) is 34.1 Å². The smallest absolute Gasteiger partial charge is 0.274 e. The first-order valence-electron chi connectivity index (χ1n) is 8.03. The maximum absolute atomic E-state index is 12.5. The summed E-state index contributed by atoms with van der Waals surface area (Å²) in [5.41, 5.74) is 3.13. The molecule has 0 saturated heterocycles. The Labute approximate surface area is 155 Å². The summed E-state index contributed by atoms with van der Waals surface area (Å²) in [6, 6.07) is 21.2. The number of amides is 1. The number of nitrogens with zero attached hydrogens (tertiary/aromatic N) is 2. The van der Waals surface area contributed by atoms with Gasteiger partial charge in [-0.2, -0.15) is 0 Å². The van der Waals surface area contributed by atoms with Crippen LogP contribution in [0, 0.1) is 0 Å². The van der Waals surface area contributed by atoms with Crippen molar-refractivity contribution in [3.8, 4) is 0 Å². The third-order valence-corrected chi connectivity index (χ3v) is 4.30. The van der Waals surface area contributed by atoms with Gasteiger partial charge in [-0.3, -0.25) is 9.78 Å². The van der Waals surface area contributed by atoms with Crippen molar-refractivity contribution >= 4 is 38.9 Å². The summed E-state index contributed by atoms with van der Waals surface area (Å²) < 4.78 is 0.965. The van der Waals surface area contributed by atoms with Crippen LogP contribution in [-0.4, -0.2) is 17.4 Å². The molecule has 5 heteroatoms. The number of pyridine rings is 1. The van der Waals surface area contributed by atoms with Gasteiger partial charge in [0.25, 0.3) is 5.91 Å². The Morgan fingerprint density at radius 1 is 1.04 bits per heavy atom. The van der Waals surface area contributed by atoms with E-state index in [1.54, 1.807) is 6.20 Å². The van der Waals surface area contributed by atoms with Crippen molar-refractivity contribution in [3.05, 3.63) is 83.1 Å². The van der Waals surface area contributed by atoms with Crippen molar-refractivity contribution < 1.29 is 4.79 Å². The van der Waals surface area contributed by atoms with E-state index in [0.29, 0.717) is 5.69 Å². The zero-order valence-corrected chi connectivity index (χ0v) is 15.4.